The van der Waals surface area contributed by atoms with E-state index < -0.39 is 59.8 Å². The van der Waals surface area contributed by atoms with E-state index in [-0.39, 0.29) is 47.2 Å². The molecule has 0 bridgehead atoms. The molecule has 9 nitrogen and oxygen atoms in total. The lowest BCUT2D eigenvalue weighted by atomic mass is 10.0. The number of aryl methyl sites for hydroxylation is 1. The number of pyridine rings is 2. The minimum atomic E-state index is -4.69. The number of rotatable bonds is 8. The summed E-state index contributed by atoms with van der Waals surface area (Å²) in [5.74, 6) is -3.14. The van der Waals surface area contributed by atoms with Crippen LogP contribution in [0.5, 0.6) is 0 Å². The smallest absolute Gasteiger partial charge is 0.451 e. The van der Waals surface area contributed by atoms with Crippen molar-refractivity contribution in [1.29, 1.82) is 0 Å². The molecular formula is C30H27F10N7O2. The zero-order chi connectivity index (χ0) is 36.7. The van der Waals surface area contributed by atoms with Crippen molar-refractivity contribution in [3.63, 3.8) is 0 Å². The van der Waals surface area contributed by atoms with Crippen LogP contribution in [0.25, 0.3) is 22.3 Å². The van der Waals surface area contributed by atoms with Gasteiger partial charge in [-0.3, -0.25) is 14.8 Å². The van der Waals surface area contributed by atoms with Crippen LogP contribution in [0.3, 0.4) is 0 Å². The highest BCUT2D eigenvalue weighted by molar-refractivity contribution is 5.70. The molecule has 0 spiro atoms. The molecule has 0 radical (unpaired) electrons. The summed E-state index contributed by atoms with van der Waals surface area (Å²) in [5.41, 5.74) is 4.90. The molecule has 0 aliphatic carbocycles. The number of esters is 1. The zero-order valence-electron chi connectivity index (χ0n) is 25.8. The number of ether oxygens (including phenoxy) is 1. The van der Waals surface area contributed by atoms with Gasteiger partial charge in [-0.15, -0.1) is 0 Å². The van der Waals surface area contributed by atoms with Crippen molar-refractivity contribution in [2.75, 3.05) is 0 Å². The van der Waals surface area contributed by atoms with E-state index in [1.165, 1.54) is 12.1 Å². The molecule has 0 saturated carbocycles. The highest BCUT2D eigenvalue weighted by Crippen LogP contribution is 2.31. The summed E-state index contributed by atoms with van der Waals surface area (Å²) in [4.78, 5) is 32.0. The molecule has 4 aromatic rings. The summed E-state index contributed by atoms with van der Waals surface area (Å²) in [6.07, 6.45) is -9.18. The Labute approximate surface area is 272 Å². The van der Waals surface area contributed by atoms with Crippen molar-refractivity contribution < 1.29 is 53.4 Å². The largest absolute Gasteiger partial charge is 0.460 e. The first-order valence-electron chi connectivity index (χ1n) is 13.9. The minimum absolute atomic E-state index is 0.0586. The number of nitrogens with two attached hydrogens (primary N) is 1. The van der Waals surface area contributed by atoms with E-state index in [2.05, 4.69) is 29.9 Å². The third kappa shape index (κ3) is 11.1. The van der Waals surface area contributed by atoms with Gasteiger partial charge in [-0.2, -0.15) is 26.3 Å². The Morgan fingerprint density at radius 1 is 0.653 bits per heavy atom. The van der Waals surface area contributed by atoms with Crippen LogP contribution in [0.4, 0.5) is 43.9 Å². The quantitative estimate of drug-likeness (QED) is 0.145. The van der Waals surface area contributed by atoms with Gasteiger partial charge in [0, 0.05) is 72.4 Å². The number of hydrogen-bond acceptors (Lipinski definition) is 9. The number of aromatic nitrogens is 6. The first-order valence-corrected chi connectivity index (χ1v) is 13.9. The van der Waals surface area contributed by atoms with Gasteiger partial charge in [0.15, 0.2) is 0 Å². The molecule has 0 aromatic carbocycles. The average molecular weight is 708 g/mol. The molecule has 0 fully saturated rings. The van der Waals surface area contributed by atoms with E-state index in [1.807, 2.05) is 0 Å². The Hall–Kier alpha value is -4.81. The third-order valence-corrected chi connectivity index (χ3v) is 6.13. The van der Waals surface area contributed by atoms with E-state index >= 15 is 0 Å². The monoisotopic (exact) mass is 707 g/mol. The van der Waals surface area contributed by atoms with Crippen LogP contribution in [-0.2, 0) is 34.8 Å². The number of hydrogen-bond donors (Lipinski definition) is 1. The number of carbonyl (C=O) groups is 1. The van der Waals surface area contributed by atoms with Crippen molar-refractivity contribution in [1.82, 2.24) is 29.9 Å². The topological polar surface area (TPSA) is 130 Å². The Kier molecular flexibility index (Phi) is 12.3. The fraction of sp³-hybridized carbons (Fsp3) is 0.367. The first kappa shape index (κ1) is 38.6. The zero-order valence-corrected chi connectivity index (χ0v) is 25.8. The van der Waals surface area contributed by atoms with E-state index in [9.17, 15) is 48.7 Å². The van der Waals surface area contributed by atoms with Crippen molar-refractivity contribution in [2.45, 2.75) is 71.0 Å². The first-order chi connectivity index (χ1) is 22.7. The molecule has 49 heavy (non-hydrogen) atoms. The third-order valence-electron chi connectivity index (χ3n) is 6.13. The lowest BCUT2D eigenvalue weighted by Crippen LogP contribution is -2.24. The fourth-order valence-electron chi connectivity index (χ4n) is 3.99. The summed E-state index contributed by atoms with van der Waals surface area (Å²) in [7, 11) is 0. The number of nitrogens with zero attached hydrogens (tertiary/aromatic N) is 6. The summed E-state index contributed by atoms with van der Waals surface area (Å²) in [6, 6.07) is 2.67. The van der Waals surface area contributed by atoms with E-state index in [0.29, 0.717) is 5.56 Å². The van der Waals surface area contributed by atoms with Gasteiger partial charge in [0.25, 0.3) is 12.9 Å². The Morgan fingerprint density at radius 2 is 1.02 bits per heavy atom. The maximum Gasteiger partial charge on any atom is 0.451 e. The second-order valence-electron chi connectivity index (χ2n) is 11.0. The number of alkyl halides is 10. The van der Waals surface area contributed by atoms with Crippen molar-refractivity contribution >= 4 is 5.97 Å². The second-order valence-corrected chi connectivity index (χ2v) is 11.0. The lowest BCUT2D eigenvalue weighted by Gasteiger charge is -2.19. The summed E-state index contributed by atoms with van der Waals surface area (Å²) in [5, 5.41) is 0. The van der Waals surface area contributed by atoms with Crippen LogP contribution in [0.15, 0.2) is 49.3 Å². The molecule has 2 N–H and O–H groups in total. The van der Waals surface area contributed by atoms with Crippen molar-refractivity contribution in [3.8, 4) is 22.3 Å². The minimum Gasteiger partial charge on any atom is -0.460 e. The summed E-state index contributed by atoms with van der Waals surface area (Å²) >= 11 is 0. The molecule has 0 unspecified atom stereocenters. The Morgan fingerprint density at radius 3 is 1.37 bits per heavy atom. The molecule has 0 amide bonds. The SMILES string of the molecule is CC(C)(C)OC(=O)CCc1cc(-c2cnc(C(F)(F)F)nc2)cnc1C(F)F.NCc1cc(-c2cnc(C(F)(F)F)nc2)cnc1C(F)F. The number of halogens is 10. The van der Waals surface area contributed by atoms with Gasteiger partial charge in [-0.05, 0) is 50.5 Å². The van der Waals surface area contributed by atoms with Gasteiger partial charge < -0.3 is 10.5 Å². The van der Waals surface area contributed by atoms with Crippen LogP contribution < -0.4 is 5.73 Å². The molecule has 4 aromatic heterocycles. The van der Waals surface area contributed by atoms with Gasteiger partial charge in [0.2, 0.25) is 11.6 Å². The molecule has 0 aliphatic rings. The standard InChI is InChI=1S/C18H18F5N3O2.C12H9F5N4/c1-17(2,3)28-13(27)5-4-10-6-11(7-24-14(10)15(19)20)12-8-25-16(26-9-12)18(21,22)23;13-10(14)9-6(2-18)1-7(3-19-9)8-4-20-11(21-5-8)12(15,16)17/h6-9,15H,4-5H2,1-3H3;1,3-5,10H,2,18H2. The van der Waals surface area contributed by atoms with Gasteiger partial charge >= 0.3 is 18.3 Å². The van der Waals surface area contributed by atoms with E-state index in [4.69, 9.17) is 10.5 Å². The normalized spacial score (nSPS) is 12.2. The average Bonchev–Trinajstić information content (AvgIpc) is 3.02. The fourth-order valence-corrected chi connectivity index (χ4v) is 3.99. The van der Waals surface area contributed by atoms with Crippen molar-refractivity contribution in [3.05, 3.63) is 83.5 Å². The van der Waals surface area contributed by atoms with Crippen LogP contribution in [0.2, 0.25) is 0 Å². The van der Waals surface area contributed by atoms with Crippen LogP contribution in [0, 0.1) is 0 Å². The van der Waals surface area contributed by atoms with Gasteiger partial charge in [-0.25, -0.2) is 37.5 Å². The number of carbonyl (C=O) groups excluding carboxylic acids is 1. The highest BCUT2D eigenvalue weighted by Gasteiger charge is 2.35. The molecule has 0 aliphatic heterocycles. The lowest BCUT2D eigenvalue weighted by molar-refractivity contribution is -0.154. The molecule has 4 heterocycles. The highest BCUT2D eigenvalue weighted by atomic mass is 19.4. The van der Waals surface area contributed by atoms with Crippen LogP contribution in [-0.4, -0.2) is 41.5 Å². The predicted octanol–water partition coefficient (Wildman–Crippen LogP) is 7.72. The van der Waals surface area contributed by atoms with Gasteiger partial charge in [-0.1, -0.05) is 0 Å². The van der Waals surface area contributed by atoms with Crippen LogP contribution >= 0.6 is 0 Å². The van der Waals surface area contributed by atoms with Crippen molar-refractivity contribution in [2.24, 2.45) is 5.73 Å². The molecule has 0 saturated heterocycles. The van der Waals surface area contributed by atoms with E-state index in [0.717, 1.165) is 37.2 Å². The molecule has 19 heteroatoms. The predicted molar refractivity (Wildman–Crippen MR) is 153 cm³/mol. The molecular weight excluding hydrogens is 680 g/mol. The molecule has 4 rings (SSSR count). The molecule has 264 valence electrons. The van der Waals surface area contributed by atoms with Gasteiger partial charge in [0.05, 0.1) is 0 Å². The molecule has 0 atom stereocenters. The maximum atomic E-state index is 13.2. The summed E-state index contributed by atoms with van der Waals surface area (Å²) in [6.45, 7) is 4.88. The van der Waals surface area contributed by atoms with Gasteiger partial charge in [0.1, 0.15) is 17.0 Å². The summed E-state index contributed by atoms with van der Waals surface area (Å²) < 4.78 is 132. The van der Waals surface area contributed by atoms with Crippen LogP contribution in [0.1, 0.15) is 74.2 Å². The Balaban J connectivity index is 0.000000276. The maximum absolute atomic E-state index is 13.2. The Bertz CT molecular complexity index is 1710. The van der Waals surface area contributed by atoms with E-state index in [1.54, 1.807) is 20.8 Å². The second kappa shape index (κ2) is 15.6.